The Morgan fingerprint density at radius 2 is 1.74 bits per heavy atom. The second kappa shape index (κ2) is 11.9. The van der Waals surface area contributed by atoms with Crippen molar-refractivity contribution in [1.82, 2.24) is 10.3 Å². The number of nitrogens with one attached hydrogen (secondary N) is 2. The summed E-state index contributed by atoms with van der Waals surface area (Å²) in [6, 6.07) is 18.1. The average molecular weight is 543 g/mol. The molecular formula is C30H30N4O4S. The lowest BCUT2D eigenvalue weighted by Crippen LogP contribution is -2.24. The summed E-state index contributed by atoms with van der Waals surface area (Å²) in [6.45, 7) is 6.41. The number of hydrogen-bond acceptors (Lipinski definition) is 6. The first kappa shape index (κ1) is 27.5. The summed E-state index contributed by atoms with van der Waals surface area (Å²) < 4.78 is 5.29. The van der Waals surface area contributed by atoms with Gasteiger partial charge in [0.15, 0.2) is 5.75 Å². The topological polar surface area (TPSA) is 123 Å². The highest BCUT2D eigenvalue weighted by Crippen LogP contribution is 2.44. The molecule has 4 aromatic rings. The van der Waals surface area contributed by atoms with E-state index in [4.69, 9.17) is 10.5 Å². The molecule has 39 heavy (non-hydrogen) atoms. The summed E-state index contributed by atoms with van der Waals surface area (Å²) in [5.74, 6) is -0.313. The first-order valence-electron chi connectivity index (χ1n) is 12.4. The molecular weight excluding hydrogens is 512 g/mol. The number of aromatic nitrogens is 1. The molecule has 200 valence electrons. The number of rotatable bonds is 8. The maximum absolute atomic E-state index is 13.4. The number of thiophene rings is 1. The van der Waals surface area contributed by atoms with Crippen LogP contribution in [0.1, 0.15) is 47.8 Å². The minimum atomic E-state index is -0.968. The van der Waals surface area contributed by atoms with Crippen molar-refractivity contribution in [3.8, 4) is 16.2 Å². The van der Waals surface area contributed by atoms with Gasteiger partial charge in [0, 0.05) is 29.4 Å². The molecule has 3 amide bonds. The normalized spacial score (nSPS) is 11.1. The van der Waals surface area contributed by atoms with Gasteiger partial charge in [-0.1, -0.05) is 45.0 Å². The molecule has 0 saturated heterocycles. The Morgan fingerprint density at radius 3 is 2.36 bits per heavy atom. The monoisotopic (exact) mass is 542 g/mol. The molecule has 4 N–H and O–H groups in total. The highest BCUT2D eigenvalue weighted by atomic mass is 32.1. The maximum atomic E-state index is 13.4. The molecule has 0 aliphatic rings. The van der Waals surface area contributed by atoms with Crippen LogP contribution in [-0.2, 0) is 23.2 Å². The summed E-state index contributed by atoms with van der Waals surface area (Å²) in [5.41, 5.74) is 9.16. The number of ether oxygens (including phenoxy) is 1. The van der Waals surface area contributed by atoms with Gasteiger partial charge in [0.1, 0.15) is 0 Å². The number of amides is 3. The zero-order valence-corrected chi connectivity index (χ0v) is 22.8. The molecule has 9 heteroatoms. The third kappa shape index (κ3) is 7.08. The number of nitrogens with two attached hydrogens (primary N) is 1. The largest absolute Gasteiger partial charge is 0.410 e. The number of hydrogen-bond donors (Lipinski definition) is 3. The van der Waals surface area contributed by atoms with Crippen LogP contribution in [0.4, 0.5) is 10.5 Å². The molecule has 0 spiro atoms. The molecule has 0 bridgehead atoms. The number of primary amides is 1. The van der Waals surface area contributed by atoms with Crippen molar-refractivity contribution in [1.29, 1.82) is 0 Å². The second-order valence-electron chi connectivity index (χ2n) is 9.98. The van der Waals surface area contributed by atoms with E-state index in [9.17, 15) is 14.4 Å². The van der Waals surface area contributed by atoms with Crippen molar-refractivity contribution in [2.75, 3.05) is 5.32 Å². The number of anilines is 1. The van der Waals surface area contributed by atoms with Gasteiger partial charge in [-0.3, -0.25) is 14.6 Å². The van der Waals surface area contributed by atoms with Crippen molar-refractivity contribution in [3.63, 3.8) is 0 Å². The lowest BCUT2D eigenvalue weighted by Gasteiger charge is -2.27. The lowest BCUT2D eigenvalue weighted by molar-refractivity contribution is -0.120. The third-order valence-electron chi connectivity index (χ3n) is 5.95. The standard InChI is InChI=1S/C30H30N4O4S/c1-30(2,3)26-22(24-7-5-15-39-24)12-13-23(38-29(31)37)27(26)34-28(36)21-10-8-19(9-11-21)18-33-25(35)16-20-6-4-14-32-17-20/h4-15,17H,16,18H2,1-3H3,(H2,31,37)(H,33,35)(H,34,36). The minimum absolute atomic E-state index is 0.118. The van der Waals surface area contributed by atoms with E-state index in [0.29, 0.717) is 17.8 Å². The number of carbonyl (C=O) groups is 3. The van der Waals surface area contributed by atoms with Crippen molar-refractivity contribution < 1.29 is 19.1 Å². The molecule has 2 aromatic heterocycles. The van der Waals surface area contributed by atoms with Crippen LogP contribution in [0.25, 0.3) is 10.4 Å². The van der Waals surface area contributed by atoms with Gasteiger partial charge in [-0.25, -0.2) is 4.79 Å². The van der Waals surface area contributed by atoms with Gasteiger partial charge < -0.3 is 21.1 Å². The van der Waals surface area contributed by atoms with Crippen molar-refractivity contribution in [3.05, 3.63) is 101 Å². The quantitative estimate of drug-likeness (QED) is 0.264. The van der Waals surface area contributed by atoms with Crippen molar-refractivity contribution in [2.24, 2.45) is 5.73 Å². The van der Waals surface area contributed by atoms with Gasteiger partial charge in [-0.15, -0.1) is 11.3 Å². The van der Waals surface area contributed by atoms with Gasteiger partial charge in [0.05, 0.1) is 12.1 Å². The molecule has 8 nitrogen and oxygen atoms in total. The Bertz CT molecular complexity index is 1460. The van der Waals surface area contributed by atoms with Crippen LogP contribution < -0.4 is 21.1 Å². The molecule has 0 radical (unpaired) electrons. The Kier molecular flexibility index (Phi) is 8.41. The van der Waals surface area contributed by atoms with E-state index >= 15 is 0 Å². The van der Waals surface area contributed by atoms with E-state index in [0.717, 1.165) is 27.1 Å². The molecule has 0 saturated carbocycles. The zero-order chi connectivity index (χ0) is 28.0. The van der Waals surface area contributed by atoms with Gasteiger partial charge in [0.25, 0.3) is 5.91 Å². The van der Waals surface area contributed by atoms with Gasteiger partial charge >= 0.3 is 6.09 Å². The SMILES string of the molecule is CC(C)(C)c1c(-c2cccs2)ccc(OC(N)=O)c1NC(=O)c1ccc(CNC(=O)Cc2cccnc2)cc1. The van der Waals surface area contributed by atoms with Gasteiger partial charge in [-0.05, 0) is 69.4 Å². The second-order valence-corrected chi connectivity index (χ2v) is 10.9. The zero-order valence-electron chi connectivity index (χ0n) is 22.0. The van der Waals surface area contributed by atoms with Crippen LogP contribution in [0, 0.1) is 0 Å². The fraction of sp³-hybridized carbons (Fsp3) is 0.200. The molecule has 4 rings (SSSR count). The van der Waals surface area contributed by atoms with E-state index in [1.54, 1.807) is 60.1 Å². The molecule has 0 unspecified atom stereocenters. The first-order valence-corrected chi connectivity index (χ1v) is 13.2. The Hall–Kier alpha value is -4.50. The van der Waals surface area contributed by atoms with Crippen molar-refractivity contribution >= 4 is 34.9 Å². The van der Waals surface area contributed by atoms with Crippen LogP contribution in [0.3, 0.4) is 0 Å². The molecule has 0 aliphatic carbocycles. The molecule has 0 aliphatic heterocycles. The van der Waals surface area contributed by atoms with Crippen LogP contribution in [-0.4, -0.2) is 22.9 Å². The summed E-state index contributed by atoms with van der Waals surface area (Å²) >= 11 is 1.58. The van der Waals surface area contributed by atoms with E-state index in [1.165, 1.54) is 0 Å². The van der Waals surface area contributed by atoms with Gasteiger partial charge in [-0.2, -0.15) is 0 Å². The molecule has 2 aromatic carbocycles. The fourth-order valence-electron chi connectivity index (χ4n) is 4.23. The third-order valence-corrected chi connectivity index (χ3v) is 6.85. The Morgan fingerprint density at radius 1 is 0.974 bits per heavy atom. The number of pyridine rings is 1. The highest BCUT2D eigenvalue weighted by Gasteiger charge is 2.28. The lowest BCUT2D eigenvalue weighted by atomic mass is 9.81. The summed E-state index contributed by atoms with van der Waals surface area (Å²) in [6.07, 6.45) is 2.59. The first-order chi connectivity index (χ1) is 18.6. The van der Waals surface area contributed by atoms with E-state index in [1.807, 2.05) is 50.4 Å². The maximum Gasteiger partial charge on any atom is 0.410 e. The van der Waals surface area contributed by atoms with E-state index < -0.39 is 11.5 Å². The smallest absolute Gasteiger partial charge is 0.408 e. The number of carbonyl (C=O) groups excluding carboxylic acids is 3. The van der Waals surface area contributed by atoms with Crippen LogP contribution in [0.15, 0.2) is 78.4 Å². The summed E-state index contributed by atoms with van der Waals surface area (Å²) in [7, 11) is 0. The Labute approximate surface area is 231 Å². The van der Waals surface area contributed by atoms with Crippen LogP contribution in [0.5, 0.6) is 5.75 Å². The van der Waals surface area contributed by atoms with E-state index in [-0.39, 0.29) is 24.0 Å². The average Bonchev–Trinajstić information content (AvgIpc) is 3.43. The molecule has 0 atom stereocenters. The van der Waals surface area contributed by atoms with Crippen LogP contribution in [0.2, 0.25) is 0 Å². The number of nitrogens with zero attached hydrogens (tertiary/aromatic N) is 1. The summed E-state index contributed by atoms with van der Waals surface area (Å²) in [4.78, 5) is 42.3. The number of benzene rings is 2. The van der Waals surface area contributed by atoms with Crippen LogP contribution >= 0.6 is 11.3 Å². The highest BCUT2D eigenvalue weighted by molar-refractivity contribution is 7.13. The van der Waals surface area contributed by atoms with E-state index in [2.05, 4.69) is 15.6 Å². The predicted molar refractivity (Wildman–Crippen MR) is 153 cm³/mol. The summed E-state index contributed by atoms with van der Waals surface area (Å²) in [5, 5.41) is 7.83. The fourth-order valence-corrected chi connectivity index (χ4v) is 4.99. The van der Waals surface area contributed by atoms with Gasteiger partial charge in [0.2, 0.25) is 5.91 Å². The molecule has 0 fully saturated rings. The Balaban J connectivity index is 1.54. The minimum Gasteiger partial charge on any atom is -0.408 e. The predicted octanol–water partition coefficient (Wildman–Crippen LogP) is 5.68. The molecule has 2 heterocycles. The van der Waals surface area contributed by atoms with Crippen molar-refractivity contribution in [2.45, 2.75) is 39.2 Å².